The molecule has 0 aromatic carbocycles. The van der Waals surface area contributed by atoms with Gasteiger partial charge in [-0.1, -0.05) is 6.92 Å². The van der Waals surface area contributed by atoms with Gasteiger partial charge in [0.2, 0.25) is 0 Å². The first-order valence-electron chi connectivity index (χ1n) is 7.82. The highest BCUT2D eigenvalue weighted by Crippen LogP contribution is 2.31. The Morgan fingerprint density at radius 1 is 1.38 bits per heavy atom. The molecule has 1 aromatic rings. The van der Waals surface area contributed by atoms with E-state index >= 15 is 0 Å². The summed E-state index contributed by atoms with van der Waals surface area (Å²) in [5.41, 5.74) is 6.64. The average Bonchev–Trinajstić information content (AvgIpc) is 3.17. The van der Waals surface area contributed by atoms with E-state index in [-0.39, 0.29) is 11.3 Å². The zero-order valence-electron chi connectivity index (χ0n) is 12.7. The molecule has 114 valence electrons. The van der Waals surface area contributed by atoms with Gasteiger partial charge in [0.15, 0.2) is 0 Å². The molecule has 1 aromatic heterocycles. The molecule has 1 unspecified atom stereocenters. The van der Waals surface area contributed by atoms with E-state index in [1.807, 2.05) is 17.0 Å². The third-order valence-electron chi connectivity index (χ3n) is 4.76. The van der Waals surface area contributed by atoms with Crippen molar-refractivity contribution in [3.8, 4) is 0 Å². The summed E-state index contributed by atoms with van der Waals surface area (Å²) in [5, 5.41) is 0. The SMILES string of the molecule is CC1(CN)CCN(C(=O)c2cccnc2N2CCCC2)C1. The molecule has 2 fully saturated rings. The molecular formula is C16H24N4O. The van der Waals surface area contributed by atoms with Gasteiger partial charge in [-0.15, -0.1) is 0 Å². The van der Waals surface area contributed by atoms with E-state index in [9.17, 15) is 4.79 Å². The summed E-state index contributed by atoms with van der Waals surface area (Å²) < 4.78 is 0. The lowest BCUT2D eigenvalue weighted by atomic mass is 9.90. The van der Waals surface area contributed by atoms with Crippen LogP contribution in [0.25, 0.3) is 0 Å². The first-order valence-corrected chi connectivity index (χ1v) is 7.82. The van der Waals surface area contributed by atoms with Crippen molar-refractivity contribution in [1.82, 2.24) is 9.88 Å². The number of amides is 1. The van der Waals surface area contributed by atoms with Crippen LogP contribution in [0.15, 0.2) is 18.3 Å². The predicted molar refractivity (Wildman–Crippen MR) is 83.4 cm³/mol. The number of carbonyl (C=O) groups is 1. The van der Waals surface area contributed by atoms with Crippen LogP contribution in [0.1, 0.15) is 36.5 Å². The summed E-state index contributed by atoms with van der Waals surface area (Å²) in [7, 11) is 0. The molecule has 0 radical (unpaired) electrons. The molecule has 5 heteroatoms. The standard InChI is InChI=1S/C16H24N4O/c1-16(11-17)6-10-20(12-16)15(21)13-5-4-7-18-14(13)19-8-2-3-9-19/h4-5,7H,2-3,6,8-12,17H2,1H3. The molecule has 5 nitrogen and oxygen atoms in total. The van der Waals surface area contributed by atoms with Crippen LogP contribution in [0.2, 0.25) is 0 Å². The zero-order chi connectivity index (χ0) is 14.9. The highest BCUT2D eigenvalue weighted by atomic mass is 16.2. The maximum Gasteiger partial charge on any atom is 0.257 e. The highest BCUT2D eigenvalue weighted by Gasteiger charge is 2.36. The topological polar surface area (TPSA) is 62.5 Å². The Kier molecular flexibility index (Phi) is 3.85. The second-order valence-electron chi connectivity index (χ2n) is 6.56. The predicted octanol–water partition coefficient (Wildman–Crippen LogP) is 1.49. The molecule has 1 atom stereocenters. The lowest BCUT2D eigenvalue weighted by Crippen LogP contribution is -2.35. The molecule has 3 heterocycles. The fourth-order valence-corrected chi connectivity index (χ4v) is 3.28. The van der Waals surface area contributed by atoms with Gasteiger partial charge in [-0.2, -0.15) is 0 Å². The lowest BCUT2D eigenvalue weighted by Gasteiger charge is -2.25. The number of nitrogens with two attached hydrogens (primary N) is 1. The van der Waals surface area contributed by atoms with E-state index in [1.54, 1.807) is 6.20 Å². The Hall–Kier alpha value is -1.62. The summed E-state index contributed by atoms with van der Waals surface area (Å²) in [4.78, 5) is 21.5. The van der Waals surface area contributed by atoms with Crippen molar-refractivity contribution in [2.24, 2.45) is 11.1 Å². The van der Waals surface area contributed by atoms with Crippen LogP contribution in [-0.2, 0) is 0 Å². The zero-order valence-corrected chi connectivity index (χ0v) is 12.7. The van der Waals surface area contributed by atoms with Crippen molar-refractivity contribution in [2.75, 3.05) is 37.6 Å². The largest absolute Gasteiger partial charge is 0.356 e. The van der Waals surface area contributed by atoms with Gasteiger partial charge in [0.1, 0.15) is 5.82 Å². The van der Waals surface area contributed by atoms with E-state index in [1.165, 1.54) is 12.8 Å². The molecule has 21 heavy (non-hydrogen) atoms. The Morgan fingerprint density at radius 2 is 2.14 bits per heavy atom. The van der Waals surface area contributed by atoms with E-state index in [4.69, 9.17) is 5.73 Å². The number of likely N-dealkylation sites (tertiary alicyclic amines) is 1. The Morgan fingerprint density at radius 3 is 2.81 bits per heavy atom. The smallest absolute Gasteiger partial charge is 0.257 e. The quantitative estimate of drug-likeness (QED) is 0.915. The first-order chi connectivity index (χ1) is 10.1. The number of nitrogens with zero attached hydrogens (tertiary/aromatic N) is 3. The molecule has 2 aliphatic rings. The van der Waals surface area contributed by atoms with Crippen molar-refractivity contribution >= 4 is 11.7 Å². The van der Waals surface area contributed by atoms with Gasteiger partial charge in [-0.25, -0.2) is 4.98 Å². The summed E-state index contributed by atoms with van der Waals surface area (Å²) in [6.07, 6.45) is 5.12. The molecule has 2 N–H and O–H groups in total. The van der Waals surface area contributed by atoms with Gasteiger partial charge >= 0.3 is 0 Å². The van der Waals surface area contributed by atoms with Crippen LogP contribution in [-0.4, -0.2) is 48.5 Å². The Labute approximate surface area is 126 Å². The third-order valence-corrected chi connectivity index (χ3v) is 4.76. The third kappa shape index (κ3) is 2.75. The number of anilines is 1. The second-order valence-corrected chi connectivity index (χ2v) is 6.56. The number of aromatic nitrogens is 1. The monoisotopic (exact) mass is 288 g/mol. The summed E-state index contributed by atoms with van der Waals surface area (Å²) in [6.45, 7) is 6.32. The molecule has 1 amide bonds. The van der Waals surface area contributed by atoms with E-state index in [0.29, 0.717) is 6.54 Å². The average molecular weight is 288 g/mol. The Balaban J connectivity index is 1.82. The van der Waals surface area contributed by atoms with Crippen LogP contribution in [0, 0.1) is 5.41 Å². The van der Waals surface area contributed by atoms with E-state index in [0.717, 1.165) is 44.0 Å². The van der Waals surface area contributed by atoms with Gasteiger partial charge in [0.05, 0.1) is 5.56 Å². The van der Waals surface area contributed by atoms with E-state index in [2.05, 4.69) is 16.8 Å². The second kappa shape index (κ2) is 5.64. The minimum absolute atomic E-state index is 0.0612. The number of carbonyl (C=O) groups excluding carboxylic acids is 1. The molecule has 2 aliphatic heterocycles. The number of hydrogen-bond acceptors (Lipinski definition) is 4. The van der Waals surface area contributed by atoms with Gasteiger partial charge < -0.3 is 15.5 Å². The molecule has 0 aliphatic carbocycles. The van der Waals surface area contributed by atoms with Crippen LogP contribution < -0.4 is 10.6 Å². The minimum atomic E-state index is 0.0612. The summed E-state index contributed by atoms with van der Waals surface area (Å²) in [6, 6.07) is 3.76. The van der Waals surface area contributed by atoms with Crippen molar-refractivity contribution in [3.05, 3.63) is 23.9 Å². The lowest BCUT2D eigenvalue weighted by molar-refractivity contribution is 0.0777. The van der Waals surface area contributed by atoms with Crippen LogP contribution >= 0.6 is 0 Å². The summed E-state index contributed by atoms with van der Waals surface area (Å²) >= 11 is 0. The fraction of sp³-hybridized carbons (Fsp3) is 0.625. The number of hydrogen-bond donors (Lipinski definition) is 1. The van der Waals surface area contributed by atoms with Gasteiger partial charge in [-0.05, 0) is 43.4 Å². The summed E-state index contributed by atoms with van der Waals surface area (Å²) in [5.74, 6) is 0.948. The normalized spacial score (nSPS) is 25.6. The van der Waals surface area contributed by atoms with Crippen LogP contribution in [0.3, 0.4) is 0 Å². The fourth-order valence-electron chi connectivity index (χ4n) is 3.28. The van der Waals surface area contributed by atoms with Gasteiger partial charge in [0.25, 0.3) is 5.91 Å². The molecular weight excluding hydrogens is 264 g/mol. The molecule has 3 rings (SSSR count). The minimum Gasteiger partial charge on any atom is -0.356 e. The number of rotatable bonds is 3. The van der Waals surface area contributed by atoms with Crippen molar-refractivity contribution in [2.45, 2.75) is 26.2 Å². The molecule has 0 saturated carbocycles. The maximum atomic E-state index is 12.8. The first kappa shape index (κ1) is 14.3. The molecule has 2 saturated heterocycles. The van der Waals surface area contributed by atoms with Crippen molar-refractivity contribution in [3.63, 3.8) is 0 Å². The Bertz CT molecular complexity index is 527. The highest BCUT2D eigenvalue weighted by molar-refractivity contribution is 5.99. The molecule has 0 spiro atoms. The van der Waals surface area contributed by atoms with Gasteiger partial charge in [0, 0.05) is 32.4 Å². The van der Waals surface area contributed by atoms with E-state index < -0.39 is 0 Å². The van der Waals surface area contributed by atoms with Crippen molar-refractivity contribution in [1.29, 1.82) is 0 Å². The molecule has 0 bridgehead atoms. The van der Waals surface area contributed by atoms with Crippen LogP contribution in [0.5, 0.6) is 0 Å². The maximum absolute atomic E-state index is 12.8. The van der Waals surface area contributed by atoms with Gasteiger partial charge in [-0.3, -0.25) is 4.79 Å². The van der Waals surface area contributed by atoms with Crippen molar-refractivity contribution < 1.29 is 4.79 Å². The number of pyridine rings is 1. The van der Waals surface area contributed by atoms with Crippen LogP contribution in [0.4, 0.5) is 5.82 Å².